The van der Waals surface area contributed by atoms with E-state index in [0.717, 1.165) is 6.42 Å². The lowest BCUT2D eigenvalue weighted by molar-refractivity contribution is -0.149. The molecule has 0 bridgehead atoms. The van der Waals surface area contributed by atoms with E-state index in [2.05, 4.69) is 17.2 Å². The highest BCUT2D eigenvalue weighted by atomic mass is 16.5. The first-order chi connectivity index (χ1) is 10.1. The van der Waals surface area contributed by atoms with E-state index in [1.54, 1.807) is 11.0 Å². The molecule has 1 heterocycles. The molecule has 0 saturated carbocycles. The Morgan fingerprint density at radius 2 is 2.33 bits per heavy atom. The first kappa shape index (κ1) is 17.2. The normalized spacial score (nSPS) is 18.7. The monoisotopic (exact) mass is 297 g/mol. The van der Waals surface area contributed by atoms with Crippen LogP contribution in [0.3, 0.4) is 0 Å². The van der Waals surface area contributed by atoms with Crippen molar-refractivity contribution in [2.45, 2.75) is 25.8 Å². The van der Waals surface area contributed by atoms with Crippen LogP contribution < -0.4 is 10.6 Å². The fourth-order valence-electron chi connectivity index (χ4n) is 2.03. The smallest absolute Gasteiger partial charge is 0.307 e. The van der Waals surface area contributed by atoms with Gasteiger partial charge in [-0.25, -0.2) is 0 Å². The second-order valence-corrected chi connectivity index (χ2v) is 4.79. The Hall–Kier alpha value is -1.89. The maximum absolute atomic E-state index is 11.9. The zero-order chi connectivity index (χ0) is 15.7. The van der Waals surface area contributed by atoms with Gasteiger partial charge >= 0.3 is 5.97 Å². The number of hydrogen-bond donors (Lipinski definition) is 2. The number of piperazine rings is 1. The molecule has 7 nitrogen and oxygen atoms in total. The van der Waals surface area contributed by atoms with Gasteiger partial charge in [0.05, 0.1) is 19.6 Å². The number of carbonyl (C=O) groups excluding carboxylic acids is 3. The molecule has 1 saturated heterocycles. The van der Waals surface area contributed by atoms with E-state index in [-0.39, 0.29) is 24.8 Å². The van der Waals surface area contributed by atoms with Gasteiger partial charge in [0.1, 0.15) is 6.04 Å². The summed E-state index contributed by atoms with van der Waals surface area (Å²) < 4.78 is 5.00. The lowest BCUT2D eigenvalue weighted by Crippen LogP contribution is -2.58. The van der Waals surface area contributed by atoms with Gasteiger partial charge in [-0.2, -0.15) is 0 Å². The SMILES string of the molecule is C=CCNC(=O)CN1CCNC(=O)C1CC(=O)OCCC. The molecule has 0 radical (unpaired) electrons. The molecule has 2 amide bonds. The lowest BCUT2D eigenvalue weighted by Gasteiger charge is -2.33. The zero-order valence-corrected chi connectivity index (χ0v) is 12.4. The van der Waals surface area contributed by atoms with E-state index in [9.17, 15) is 14.4 Å². The number of hydrogen-bond acceptors (Lipinski definition) is 5. The Labute approximate surface area is 124 Å². The first-order valence-corrected chi connectivity index (χ1v) is 7.13. The Morgan fingerprint density at radius 1 is 1.57 bits per heavy atom. The molecule has 1 aliphatic rings. The highest BCUT2D eigenvalue weighted by Gasteiger charge is 2.33. The molecule has 2 N–H and O–H groups in total. The quantitative estimate of drug-likeness (QED) is 0.463. The molecule has 1 aliphatic heterocycles. The largest absolute Gasteiger partial charge is 0.466 e. The molecule has 1 atom stereocenters. The fourth-order valence-corrected chi connectivity index (χ4v) is 2.03. The fraction of sp³-hybridized carbons (Fsp3) is 0.643. The molecule has 7 heteroatoms. The summed E-state index contributed by atoms with van der Waals surface area (Å²) in [6.07, 6.45) is 2.28. The molecule has 0 aromatic rings. The van der Waals surface area contributed by atoms with E-state index in [0.29, 0.717) is 26.2 Å². The summed E-state index contributed by atoms with van der Waals surface area (Å²) in [7, 11) is 0. The van der Waals surface area contributed by atoms with Gasteiger partial charge in [0.25, 0.3) is 0 Å². The van der Waals surface area contributed by atoms with Crippen molar-refractivity contribution in [1.82, 2.24) is 15.5 Å². The molecule has 1 unspecified atom stereocenters. The summed E-state index contributed by atoms with van der Waals surface area (Å²) in [4.78, 5) is 37.0. The highest BCUT2D eigenvalue weighted by Crippen LogP contribution is 2.09. The van der Waals surface area contributed by atoms with Crippen LogP contribution in [0.4, 0.5) is 0 Å². The summed E-state index contributed by atoms with van der Waals surface area (Å²) in [5.41, 5.74) is 0. The lowest BCUT2D eigenvalue weighted by atomic mass is 10.1. The van der Waals surface area contributed by atoms with Crippen LogP contribution in [-0.2, 0) is 19.1 Å². The number of carbonyl (C=O) groups is 3. The van der Waals surface area contributed by atoms with E-state index in [1.165, 1.54) is 0 Å². The van der Waals surface area contributed by atoms with Crippen molar-refractivity contribution in [3.63, 3.8) is 0 Å². The number of esters is 1. The molecule has 0 aromatic heterocycles. The molecule has 0 aliphatic carbocycles. The Kier molecular flexibility index (Phi) is 7.45. The minimum Gasteiger partial charge on any atom is -0.466 e. The third-order valence-electron chi connectivity index (χ3n) is 3.06. The second kappa shape index (κ2) is 9.12. The molecule has 1 rings (SSSR count). The third kappa shape index (κ3) is 5.95. The van der Waals surface area contributed by atoms with Gasteiger partial charge < -0.3 is 15.4 Å². The number of nitrogens with zero attached hydrogens (tertiary/aromatic N) is 1. The Bertz CT molecular complexity index is 398. The number of ether oxygens (including phenoxy) is 1. The molecule has 21 heavy (non-hydrogen) atoms. The molecule has 1 fully saturated rings. The van der Waals surface area contributed by atoms with Gasteiger partial charge in [0, 0.05) is 19.6 Å². The van der Waals surface area contributed by atoms with E-state index in [4.69, 9.17) is 4.74 Å². The van der Waals surface area contributed by atoms with Crippen LogP contribution >= 0.6 is 0 Å². The molecule has 0 spiro atoms. The summed E-state index contributed by atoms with van der Waals surface area (Å²) >= 11 is 0. The van der Waals surface area contributed by atoms with Crippen LogP contribution in [0, 0.1) is 0 Å². The summed E-state index contributed by atoms with van der Waals surface area (Å²) in [5, 5.41) is 5.36. The van der Waals surface area contributed by atoms with Crippen LogP contribution in [0.25, 0.3) is 0 Å². The average Bonchev–Trinajstić information content (AvgIpc) is 2.46. The van der Waals surface area contributed by atoms with Crippen molar-refractivity contribution in [2.75, 3.05) is 32.8 Å². The van der Waals surface area contributed by atoms with Crippen LogP contribution in [0.2, 0.25) is 0 Å². The van der Waals surface area contributed by atoms with Crippen molar-refractivity contribution < 1.29 is 19.1 Å². The van der Waals surface area contributed by atoms with Crippen molar-refractivity contribution in [2.24, 2.45) is 0 Å². The van der Waals surface area contributed by atoms with Crippen molar-refractivity contribution in [1.29, 1.82) is 0 Å². The zero-order valence-electron chi connectivity index (χ0n) is 12.4. The predicted molar refractivity (Wildman–Crippen MR) is 77.4 cm³/mol. The minimum atomic E-state index is -0.655. The summed E-state index contributed by atoms with van der Waals surface area (Å²) in [6.45, 7) is 7.21. The van der Waals surface area contributed by atoms with Crippen molar-refractivity contribution in [3.8, 4) is 0 Å². The van der Waals surface area contributed by atoms with Gasteiger partial charge in [0.15, 0.2) is 0 Å². The van der Waals surface area contributed by atoms with E-state index < -0.39 is 12.0 Å². The standard InChI is InChI=1S/C14H23N3O4/c1-3-5-15-12(18)10-17-7-6-16-14(20)11(17)9-13(19)21-8-4-2/h3,11H,1,4-10H2,2H3,(H,15,18)(H,16,20). The van der Waals surface area contributed by atoms with E-state index in [1.807, 2.05) is 6.92 Å². The number of rotatable bonds is 8. The Balaban J connectivity index is 2.57. The summed E-state index contributed by atoms with van der Waals surface area (Å²) in [5.74, 6) is -0.863. The van der Waals surface area contributed by atoms with Crippen LogP contribution in [0.1, 0.15) is 19.8 Å². The number of nitrogens with one attached hydrogen (secondary N) is 2. The predicted octanol–water partition coefficient (Wildman–Crippen LogP) is -0.568. The maximum atomic E-state index is 11.9. The van der Waals surface area contributed by atoms with Gasteiger partial charge in [-0.3, -0.25) is 19.3 Å². The van der Waals surface area contributed by atoms with Crippen LogP contribution in [0.5, 0.6) is 0 Å². The molecule has 0 aromatic carbocycles. The Morgan fingerprint density at radius 3 is 3.00 bits per heavy atom. The molecule has 118 valence electrons. The summed E-state index contributed by atoms with van der Waals surface area (Å²) in [6, 6.07) is -0.655. The van der Waals surface area contributed by atoms with Gasteiger partial charge in [-0.1, -0.05) is 13.0 Å². The molecular formula is C14H23N3O4. The van der Waals surface area contributed by atoms with Gasteiger partial charge in [0.2, 0.25) is 11.8 Å². The highest BCUT2D eigenvalue weighted by molar-refractivity contribution is 5.88. The van der Waals surface area contributed by atoms with Crippen LogP contribution in [0.15, 0.2) is 12.7 Å². The third-order valence-corrected chi connectivity index (χ3v) is 3.06. The number of amides is 2. The van der Waals surface area contributed by atoms with Gasteiger partial charge in [-0.05, 0) is 6.42 Å². The molecular weight excluding hydrogens is 274 g/mol. The maximum Gasteiger partial charge on any atom is 0.307 e. The van der Waals surface area contributed by atoms with E-state index >= 15 is 0 Å². The van der Waals surface area contributed by atoms with Crippen molar-refractivity contribution >= 4 is 17.8 Å². The minimum absolute atomic E-state index is 0.0411. The topological polar surface area (TPSA) is 87.7 Å². The average molecular weight is 297 g/mol. The van der Waals surface area contributed by atoms with Gasteiger partial charge in [-0.15, -0.1) is 6.58 Å². The van der Waals surface area contributed by atoms with Crippen molar-refractivity contribution in [3.05, 3.63) is 12.7 Å². The first-order valence-electron chi connectivity index (χ1n) is 7.13. The second-order valence-electron chi connectivity index (χ2n) is 4.79. The van der Waals surface area contributed by atoms with Crippen LogP contribution in [-0.4, -0.2) is 61.5 Å².